The summed E-state index contributed by atoms with van der Waals surface area (Å²) in [5.74, 6) is -0.215. The molecule has 0 spiro atoms. The van der Waals surface area contributed by atoms with Crippen LogP contribution in [0, 0.1) is 0 Å². The van der Waals surface area contributed by atoms with Crippen molar-refractivity contribution in [3.05, 3.63) is 59.7 Å². The first-order valence-electron chi connectivity index (χ1n) is 9.28. The molecule has 1 aliphatic carbocycles. The standard InChI is InChI=1S/C22H27NO2/c1-23-21-6-2-4-16(5-3-7-21)17-8-10-18(11-9-17)19-12-14-20(15-13-19)22(24)25/h8-16,21,23H,2-7H2,1H3,(H,24,25). The van der Waals surface area contributed by atoms with Gasteiger partial charge in [0.2, 0.25) is 0 Å². The highest BCUT2D eigenvalue weighted by Gasteiger charge is 2.17. The Morgan fingerprint density at radius 3 is 1.88 bits per heavy atom. The molecule has 132 valence electrons. The van der Waals surface area contributed by atoms with E-state index in [1.165, 1.54) is 44.1 Å². The van der Waals surface area contributed by atoms with Crippen molar-refractivity contribution in [3.8, 4) is 11.1 Å². The Balaban J connectivity index is 1.68. The Bertz CT molecular complexity index is 681. The summed E-state index contributed by atoms with van der Waals surface area (Å²) < 4.78 is 0. The van der Waals surface area contributed by atoms with Gasteiger partial charge in [0, 0.05) is 6.04 Å². The predicted octanol–water partition coefficient (Wildman–Crippen LogP) is 5.08. The first-order chi connectivity index (χ1) is 12.2. The average Bonchev–Trinajstić information content (AvgIpc) is 2.62. The lowest BCUT2D eigenvalue weighted by molar-refractivity contribution is 0.0697. The first-order valence-corrected chi connectivity index (χ1v) is 9.28. The molecule has 0 aliphatic heterocycles. The number of benzene rings is 2. The Morgan fingerprint density at radius 2 is 1.40 bits per heavy atom. The predicted molar refractivity (Wildman–Crippen MR) is 102 cm³/mol. The fourth-order valence-corrected chi connectivity index (χ4v) is 3.88. The van der Waals surface area contributed by atoms with Crippen LogP contribution in [0.3, 0.4) is 0 Å². The van der Waals surface area contributed by atoms with E-state index in [1.807, 2.05) is 12.1 Å². The summed E-state index contributed by atoms with van der Waals surface area (Å²) >= 11 is 0. The number of carbonyl (C=O) groups is 1. The summed E-state index contributed by atoms with van der Waals surface area (Å²) in [5.41, 5.74) is 3.97. The molecule has 0 aromatic heterocycles. The molecule has 0 radical (unpaired) electrons. The molecular weight excluding hydrogens is 310 g/mol. The summed E-state index contributed by atoms with van der Waals surface area (Å²) in [6, 6.07) is 16.6. The summed E-state index contributed by atoms with van der Waals surface area (Å²) in [5, 5.41) is 12.4. The monoisotopic (exact) mass is 337 g/mol. The molecule has 0 atom stereocenters. The van der Waals surface area contributed by atoms with Crippen molar-refractivity contribution >= 4 is 5.97 Å². The molecule has 1 saturated carbocycles. The van der Waals surface area contributed by atoms with E-state index >= 15 is 0 Å². The lowest BCUT2D eigenvalue weighted by Gasteiger charge is -2.24. The zero-order valence-corrected chi connectivity index (χ0v) is 14.9. The van der Waals surface area contributed by atoms with Gasteiger partial charge in [0.25, 0.3) is 0 Å². The zero-order valence-electron chi connectivity index (χ0n) is 14.9. The summed E-state index contributed by atoms with van der Waals surface area (Å²) in [6.07, 6.45) is 7.67. The Kier molecular flexibility index (Phi) is 5.87. The fraction of sp³-hybridized carbons (Fsp3) is 0.409. The maximum Gasteiger partial charge on any atom is 0.335 e. The van der Waals surface area contributed by atoms with Gasteiger partial charge in [-0.25, -0.2) is 4.79 Å². The average molecular weight is 337 g/mol. The zero-order chi connectivity index (χ0) is 17.6. The van der Waals surface area contributed by atoms with Gasteiger partial charge in [-0.1, -0.05) is 49.2 Å². The van der Waals surface area contributed by atoms with Crippen molar-refractivity contribution < 1.29 is 9.90 Å². The van der Waals surface area contributed by atoms with Gasteiger partial charge in [0.15, 0.2) is 0 Å². The highest BCUT2D eigenvalue weighted by molar-refractivity contribution is 5.88. The highest BCUT2D eigenvalue weighted by atomic mass is 16.4. The van der Waals surface area contributed by atoms with Crippen molar-refractivity contribution in [3.63, 3.8) is 0 Å². The molecule has 3 rings (SSSR count). The van der Waals surface area contributed by atoms with Gasteiger partial charge in [-0.2, -0.15) is 0 Å². The summed E-state index contributed by atoms with van der Waals surface area (Å²) in [7, 11) is 2.07. The topological polar surface area (TPSA) is 49.3 Å². The third-order valence-corrected chi connectivity index (χ3v) is 5.47. The molecule has 1 aliphatic rings. The molecule has 3 heteroatoms. The van der Waals surface area contributed by atoms with Gasteiger partial charge in [0.05, 0.1) is 5.56 Å². The molecule has 0 heterocycles. The van der Waals surface area contributed by atoms with Crippen molar-refractivity contribution in [1.29, 1.82) is 0 Å². The summed E-state index contributed by atoms with van der Waals surface area (Å²) in [4.78, 5) is 11.0. The van der Waals surface area contributed by atoms with Crippen LogP contribution >= 0.6 is 0 Å². The molecule has 2 aromatic rings. The molecule has 25 heavy (non-hydrogen) atoms. The molecule has 0 amide bonds. The Hall–Kier alpha value is -2.13. The number of carboxylic acid groups (broad SMARTS) is 1. The van der Waals surface area contributed by atoms with Gasteiger partial charge < -0.3 is 10.4 Å². The minimum atomic E-state index is -0.883. The Labute approximate surface area is 150 Å². The molecule has 0 saturated heterocycles. The SMILES string of the molecule is CNC1CCCC(c2ccc(-c3ccc(C(=O)O)cc3)cc2)CCC1. The van der Waals surface area contributed by atoms with Crippen molar-refractivity contribution in [2.45, 2.75) is 50.5 Å². The van der Waals surface area contributed by atoms with E-state index in [4.69, 9.17) is 5.11 Å². The largest absolute Gasteiger partial charge is 0.478 e. The number of aromatic carboxylic acids is 1. The molecule has 3 nitrogen and oxygen atoms in total. The van der Waals surface area contributed by atoms with Crippen LogP contribution in [0.4, 0.5) is 0 Å². The second kappa shape index (κ2) is 8.30. The quantitative estimate of drug-likeness (QED) is 0.818. The van der Waals surface area contributed by atoms with E-state index in [1.54, 1.807) is 12.1 Å². The smallest absolute Gasteiger partial charge is 0.335 e. The van der Waals surface area contributed by atoms with E-state index in [0.29, 0.717) is 17.5 Å². The Morgan fingerprint density at radius 1 is 0.880 bits per heavy atom. The van der Waals surface area contributed by atoms with Crippen LogP contribution in [0.25, 0.3) is 11.1 Å². The molecule has 2 aromatic carbocycles. The minimum absolute atomic E-state index is 0.328. The fourth-order valence-electron chi connectivity index (χ4n) is 3.88. The van der Waals surface area contributed by atoms with Crippen molar-refractivity contribution in [1.82, 2.24) is 5.32 Å². The first kappa shape index (κ1) is 17.7. The third-order valence-electron chi connectivity index (χ3n) is 5.47. The van der Waals surface area contributed by atoms with Crippen LogP contribution in [0.1, 0.15) is 60.4 Å². The number of carboxylic acids is 1. The summed E-state index contributed by atoms with van der Waals surface area (Å²) in [6.45, 7) is 0. The van der Waals surface area contributed by atoms with Crippen LogP contribution in [0.5, 0.6) is 0 Å². The van der Waals surface area contributed by atoms with Crippen LogP contribution in [0.15, 0.2) is 48.5 Å². The lowest BCUT2D eigenvalue weighted by atomic mass is 9.84. The second-order valence-electron chi connectivity index (χ2n) is 7.05. The van der Waals surface area contributed by atoms with Gasteiger partial charge in [0.1, 0.15) is 0 Å². The van der Waals surface area contributed by atoms with E-state index in [2.05, 4.69) is 36.6 Å². The highest BCUT2D eigenvalue weighted by Crippen LogP contribution is 2.32. The van der Waals surface area contributed by atoms with E-state index in [0.717, 1.165) is 11.1 Å². The van der Waals surface area contributed by atoms with Crippen LogP contribution in [-0.4, -0.2) is 24.2 Å². The van der Waals surface area contributed by atoms with Crippen molar-refractivity contribution in [2.24, 2.45) is 0 Å². The van der Waals surface area contributed by atoms with Gasteiger partial charge >= 0.3 is 5.97 Å². The van der Waals surface area contributed by atoms with Gasteiger partial charge in [-0.3, -0.25) is 0 Å². The maximum absolute atomic E-state index is 11.0. The minimum Gasteiger partial charge on any atom is -0.478 e. The number of nitrogens with one attached hydrogen (secondary N) is 1. The van der Waals surface area contributed by atoms with Gasteiger partial charge in [-0.05, 0) is 67.5 Å². The maximum atomic E-state index is 11.0. The number of rotatable bonds is 4. The van der Waals surface area contributed by atoms with E-state index in [9.17, 15) is 4.79 Å². The van der Waals surface area contributed by atoms with Crippen LogP contribution < -0.4 is 5.32 Å². The van der Waals surface area contributed by atoms with E-state index in [-0.39, 0.29) is 0 Å². The van der Waals surface area contributed by atoms with Gasteiger partial charge in [-0.15, -0.1) is 0 Å². The van der Waals surface area contributed by atoms with E-state index < -0.39 is 5.97 Å². The second-order valence-corrected chi connectivity index (χ2v) is 7.05. The lowest BCUT2D eigenvalue weighted by Crippen LogP contribution is -2.26. The van der Waals surface area contributed by atoms with Crippen molar-refractivity contribution in [2.75, 3.05) is 7.05 Å². The molecule has 2 N–H and O–H groups in total. The molecule has 0 bridgehead atoms. The molecule has 1 fully saturated rings. The number of hydrogen-bond acceptors (Lipinski definition) is 2. The molecule has 0 unspecified atom stereocenters. The van der Waals surface area contributed by atoms with Crippen LogP contribution in [-0.2, 0) is 0 Å². The normalized spacial score (nSPS) is 21.3. The molecular formula is C22H27NO2. The third kappa shape index (κ3) is 4.49. The van der Waals surface area contributed by atoms with Crippen LogP contribution in [0.2, 0.25) is 0 Å². The number of hydrogen-bond donors (Lipinski definition) is 2.